The average molecular weight is 364 g/mol. The van der Waals surface area contributed by atoms with Crippen LogP contribution in [0, 0.1) is 0 Å². The molecule has 1 unspecified atom stereocenters. The fourth-order valence-corrected chi connectivity index (χ4v) is 4.02. The Bertz CT molecular complexity index is 719. The average Bonchev–Trinajstić information content (AvgIpc) is 3.09. The minimum absolute atomic E-state index is 0.301. The fourth-order valence-electron chi connectivity index (χ4n) is 2.50. The minimum Gasteiger partial charge on any atom is -0.310 e. The highest BCUT2D eigenvalue weighted by Gasteiger charge is 2.17. The number of nitrogens with one attached hydrogen (secondary N) is 1. The summed E-state index contributed by atoms with van der Waals surface area (Å²) in [5.74, 6) is 0. The van der Waals surface area contributed by atoms with Gasteiger partial charge in [0.1, 0.15) is 0 Å². The van der Waals surface area contributed by atoms with Crippen molar-refractivity contribution in [1.29, 1.82) is 0 Å². The van der Waals surface area contributed by atoms with Crippen LogP contribution in [-0.2, 0) is 6.42 Å². The number of rotatable bonds is 6. The summed E-state index contributed by atoms with van der Waals surface area (Å²) in [6.45, 7) is 3.21. The van der Waals surface area contributed by atoms with Crippen molar-refractivity contribution in [3.63, 3.8) is 0 Å². The van der Waals surface area contributed by atoms with Crippen molar-refractivity contribution >= 4 is 32.8 Å². The maximum Gasteiger partial charge on any atom is 0.0709 e. The van der Waals surface area contributed by atoms with E-state index in [1.54, 1.807) is 11.3 Å². The van der Waals surface area contributed by atoms with Gasteiger partial charge < -0.3 is 5.32 Å². The van der Waals surface area contributed by atoms with E-state index in [0.717, 1.165) is 19.4 Å². The van der Waals surface area contributed by atoms with E-state index in [-0.39, 0.29) is 0 Å². The second-order valence-corrected chi connectivity index (χ2v) is 7.59. The fraction of sp³-hybridized carbons (Fsp3) is 0.312. The van der Waals surface area contributed by atoms with Crippen LogP contribution in [0.5, 0.6) is 0 Å². The first kappa shape index (κ1) is 14.8. The molecule has 0 aliphatic heterocycles. The van der Waals surface area contributed by atoms with Crippen LogP contribution in [0.15, 0.2) is 46.5 Å². The molecule has 3 nitrogen and oxygen atoms in total. The zero-order chi connectivity index (χ0) is 14.7. The van der Waals surface area contributed by atoms with Crippen molar-refractivity contribution in [3.05, 3.63) is 57.0 Å². The Morgan fingerprint density at radius 3 is 3.00 bits per heavy atom. The molecule has 0 aliphatic rings. The zero-order valence-electron chi connectivity index (χ0n) is 11.9. The number of hydrogen-bond acceptors (Lipinski definition) is 3. The van der Waals surface area contributed by atoms with Gasteiger partial charge in [-0.1, -0.05) is 13.0 Å². The number of nitrogens with zero attached hydrogens (tertiary/aromatic N) is 2. The molecule has 3 rings (SSSR count). The molecule has 5 heteroatoms. The summed E-state index contributed by atoms with van der Waals surface area (Å²) in [4.78, 5) is 1.38. The van der Waals surface area contributed by atoms with Crippen LogP contribution < -0.4 is 5.32 Å². The van der Waals surface area contributed by atoms with E-state index in [4.69, 9.17) is 0 Å². The summed E-state index contributed by atoms with van der Waals surface area (Å²) < 4.78 is 3.13. The zero-order valence-corrected chi connectivity index (χ0v) is 14.3. The second kappa shape index (κ2) is 6.73. The van der Waals surface area contributed by atoms with E-state index in [2.05, 4.69) is 57.5 Å². The summed E-state index contributed by atoms with van der Waals surface area (Å²) in [5.41, 5.74) is 2.45. The van der Waals surface area contributed by atoms with Crippen LogP contribution in [-0.4, -0.2) is 16.2 Å². The Kier molecular flexibility index (Phi) is 4.73. The summed E-state index contributed by atoms with van der Waals surface area (Å²) in [7, 11) is 0. The summed E-state index contributed by atoms with van der Waals surface area (Å²) in [6, 6.07) is 10.8. The third-order valence-corrected chi connectivity index (χ3v) is 5.15. The maximum atomic E-state index is 4.47. The van der Waals surface area contributed by atoms with Crippen molar-refractivity contribution in [2.75, 3.05) is 6.54 Å². The SMILES string of the molecule is CCCNC(Cc1ccc(Br)s1)c1cnn2ccccc12. The lowest BCUT2D eigenvalue weighted by Crippen LogP contribution is -2.23. The third-order valence-electron chi connectivity index (χ3n) is 3.51. The minimum atomic E-state index is 0.301. The number of hydrogen-bond donors (Lipinski definition) is 1. The molecule has 1 atom stereocenters. The topological polar surface area (TPSA) is 29.3 Å². The number of halogens is 1. The Morgan fingerprint density at radius 1 is 1.33 bits per heavy atom. The van der Waals surface area contributed by atoms with Gasteiger partial charge in [-0.15, -0.1) is 11.3 Å². The third kappa shape index (κ3) is 3.36. The molecule has 0 fully saturated rings. The number of pyridine rings is 1. The largest absolute Gasteiger partial charge is 0.310 e. The predicted molar refractivity (Wildman–Crippen MR) is 91.9 cm³/mol. The Morgan fingerprint density at radius 2 is 2.24 bits per heavy atom. The van der Waals surface area contributed by atoms with Gasteiger partial charge in [-0.2, -0.15) is 5.10 Å². The van der Waals surface area contributed by atoms with Crippen molar-refractivity contribution in [3.8, 4) is 0 Å². The van der Waals surface area contributed by atoms with Crippen LogP contribution in [0.25, 0.3) is 5.52 Å². The molecule has 0 aromatic carbocycles. The van der Waals surface area contributed by atoms with E-state index in [0.29, 0.717) is 6.04 Å². The summed E-state index contributed by atoms with van der Waals surface area (Å²) in [6.07, 6.45) is 6.11. The van der Waals surface area contributed by atoms with Crippen LogP contribution >= 0.6 is 27.3 Å². The van der Waals surface area contributed by atoms with Gasteiger partial charge >= 0.3 is 0 Å². The molecule has 21 heavy (non-hydrogen) atoms. The van der Waals surface area contributed by atoms with E-state index < -0.39 is 0 Å². The highest BCUT2D eigenvalue weighted by atomic mass is 79.9. The van der Waals surface area contributed by atoms with Crippen molar-refractivity contribution in [1.82, 2.24) is 14.9 Å². The molecule has 3 aromatic rings. The van der Waals surface area contributed by atoms with Gasteiger partial charge in [0.15, 0.2) is 0 Å². The molecule has 110 valence electrons. The molecule has 0 saturated carbocycles. The Hall–Kier alpha value is -1.17. The molecule has 0 amide bonds. The second-order valence-electron chi connectivity index (χ2n) is 5.05. The van der Waals surface area contributed by atoms with E-state index in [1.807, 2.05) is 23.0 Å². The van der Waals surface area contributed by atoms with E-state index in [1.165, 1.54) is 19.7 Å². The van der Waals surface area contributed by atoms with E-state index >= 15 is 0 Å². The molecule has 0 radical (unpaired) electrons. The van der Waals surface area contributed by atoms with Gasteiger partial charge in [-0.05, 0) is 53.2 Å². The van der Waals surface area contributed by atoms with Crippen LogP contribution in [0.1, 0.15) is 29.8 Å². The lowest BCUT2D eigenvalue weighted by Gasteiger charge is -2.17. The van der Waals surface area contributed by atoms with Crippen LogP contribution in [0.2, 0.25) is 0 Å². The summed E-state index contributed by atoms with van der Waals surface area (Å²) >= 11 is 5.35. The Labute approximate surface area is 137 Å². The highest BCUT2D eigenvalue weighted by molar-refractivity contribution is 9.11. The number of aromatic nitrogens is 2. The van der Waals surface area contributed by atoms with E-state index in [9.17, 15) is 0 Å². The molecule has 0 aliphatic carbocycles. The van der Waals surface area contributed by atoms with Crippen LogP contribution in [0.3, 0.4) is 0 Å². The van der Waals surface area contributed by atoms with Gasteiger partial charge in [0.25, 0.3) is 0 Å². The maximum absolute atomic E-state index is 4.47. The smallest absolute Gasteiger partial charge is 0.0709 e. The molecule has 3 heterocycles. The van der Waals surface area contributed by atoms with Gasteiger partial charge in [0, 0.05) is 29.1 Å². The predicted octanol–water partition coefficient (Wildman–Crippen LogP) is 4.44. The summed E-state index contributed by atoms with van der Waals surface area (Å²) in [5, 5.41) is 8.13. The van der Waals surface area contributed by atoms with Gasteiger partial charge in [0.05, 0.1) is 15.5 Å². The van der Waals surface area contributed by atoms with Crippen LogP contribution in [0.4, 0.5) is 0 Å². The van der Waals surface area contributed by atoms with Gasteiger partial charge in [-0.25, -0.2) is 4.52 Å². The molecule has 0 bridgehead atoms. The lowest BCUT2D eigenvalue weighted by atomic mass is 10.0. The monoisotopic (exact) mass is 363 g/mol. The first-order valence-corrected chi connectivity index (χ1v) is 8.78. The molecule has 1 N–H and O–H groups in total. The first-order chi connectivity index (χ1) is 10.3. The normalized spacial score (nSPS) is 12.9. The molecule has 0 spiro atoms. The quantitative estimate of drug-likeness (QED) is 0.701. The van der Waals surface area contributed by atoms with Crippen molar-refractivity contribution in [2.45, 2.75) is 25.8 Å². The first-order valence-electron chi connectivity index (χ1n) is 7.18. The van der Waals surface area contributed by atoms with Gasteiger partial charge in [0.2, 0.25) is 0 Å². The molecule has 0 saturated heterocycles. The highest BCUT2D eigenvalue weighted by Crippen LogP contribution is 2.28. The van der Waals surface area contributed by atoms with Gasteiger partial charge in [-0.3, -0.25) is 0 Å². The van der Waals surface area contributed by atoms with Crippen molar-refractivity contribution in [2.24, 2.45) is 0 Å². The Balaban J connectivity index is 1.91. The molecular weight excluding hydrogens is 346 g/mol. The van der Waals surface area contributed by atoms with Crippen molar-refractivity contribution < 1.29 is 0 Å². The molecular formula is C16H18BrN3S. The standard InChI is InChI=1S/C16H18BrN3S/c1-2-8-18-14(10-12-6-7-16(17)21-12)13-11-19-20-9-4-3-5-15(13)20/h3-7,9,11,14,18H,2,8,10H2,1H3. The molecule has 3 aromatic heterocycles. The number of thiophene rings is 1. The number of fused-ring (bicyclic) bond motifs is 1. The lowest BCUT2D eigenvalue weighted by molar-refractivity contribution is 0.535.